The standard InChI is InChI=1S/C12H11ClN4O/c1-7-5-8(2)16-12(15-7)17-11(18)9-3-4-14-6-10(9)13/h3-6H,1-2H3,(H,15,16,17,18). The number of hydrogen-bond donors (Lipinski definition) is 1. The maximum Gasteiger partial charge on any atom is 0.259 e. The Morgan fingerprint density at radius 1 is 1.28 bits per heavy atom. The molecular formula is C12H11ClN4O. The van der Waals surface area contributed by atoms with Crippen molar-refractivity contribution in [2.45, 2.75) is 13.8 Å². The summed E-state index contributed by atoms with van der Waals surface area (Å²) in [7, 11) is 0. The van der Waals surface area contributed by atoms with Gasteiger partial charge in [-0.05, 0) is 26.0 Å². The third-order valence-electron chi connectivity index (χ3n) is 2.22. The van der Waals surface area contributed by atoms with E-state index in [-0.39, 0.29) is 11.9 Å². The van der Waals surface area contributed by atoms with Crippen molar-refractivity contribution < 1.29 is 4.79 Å². The first-order valence-electron chi connectivity index (χ1n) is 5.29. The smallest absolute Gasteiger partial charge is 0.259 e. The van der Waals surface area contributed by atoms with Crippen LogP contribution in [0.2, 0.25) is 5.02 Å². The van der Waals surface area contributed by atoms with E-state index in [9.17, 15) is 4.79 Å². The van der Waals surface area contributed by atoms with Gasteiger partial charge in [-0.3, -0.25) is 15.1 Å². The number of pyridine rings is 1. The lowest BCUT2D eigenvalue weighted by Gasteiger charge is -2.06. The molecule has 0 aliphatic heterocycles. The Balaban J connectivity index is 2.24. The molecule has 2 aromatic rings. The highest BCUT2D eigenvalue weighted by molar-refractivity contribution is 6.34. The van der Waals surface area contributed by atoms with Crippen molar-refractivity contribution >= 4 is 23.5 Å². The number of anilines is 1. The monoisotopic (exact) mass is 262 g/mol. The van der Waals surface area contributed by atoms with E-state index in [0.717, 1.165) is 11.4 Å². The maximum atomic E-state index is 12.0. The maximum absolute atomic E-state index is 12.0. The molecule has 92 valence electrons. The number of carbonyl (C=O) groups excluding carboxylic acids is 1. The van der Waals surface area contributed by atoms with E-state index in [1.165, 1.54) is 12.4 Å². The number of aryl methyl sites for hydroxylation is 2. The zero-order valence-electron chi connectivity index (χ0n) is 9.94. The van der Waals surface area contributed by atoms with Gasteiger partial charge in [-0.15, -0.1) is 0 Å². The van der Waals surface area contributed by atoms with Crippen molar-refractivity contribution in [3.8, 4) is 0 Å². The summed E-state index contributed by atoms with van der Waals surface area (Å²) in [5.74, 6) is -0.0854. The van der Waals surface area contributed by atoms with Crippen LogP contribution in [0, 0.1) is 13.8 Å². The fraction of sp³-hybridized carbons (Fsp3) is 0.167. The average molecular weight is 263 g/mol. The molecule has 0 aliphatic carbocycles. The number of rotatable bonds is 2. The molecule has 0 atom stereocenters. The van der Waals surface area contributed by atoms with Crippen molar-refractivity contribution in [2.75, 3.05) is 5.32 Å². The Kier molecular flexibility index (Phi) is 3.53. The van der Waals surface area contributed by atoms with E-state index < -0.39 is 0 Å². The van der Waals surface area contributed by atoms with Gasteiger partial charge in [-0.2, -0.15) is 0 Å². The predicted molar refractivity (Wildman–Crippen MR) is 68.7 cm³/mol. The van der Waals surface area contributed by atoms with Crippen LogP contribution in [0.3, 0.4) is 0 Å². The van der Waals surface area contributed by atoms with Gasteiger partial charge in [0.05, 0.1) is 10.6 Å². The fourth-order valence-corrected chi connectivity index (χ4v) is 1.72. The highest BCUT2D eigenvalue weighted by Gasteiger charge is 2.11. The van der Waals surface area contributed by atoms with Crippen LogP contribution in [-0.4, -0.2) is 20.9 Å². The van der Waals surface area contributed by atoms with Gasteiger partial charge in [-0.1, -0.05) is 11.6 Å². The van der Waals surface area contributed by atoms with E-state index in [0.29, 0.717) is 10.6 Å². The minimum atomic E-state index is -0.354. The van der Waals surface area contributed by atoms with Crippen molar-refractivity contribution in [2.24, 2.45) is 0 Å². The SMILES string of the molecule is Cc1cc(C)nc(NC(=O)c2ccncc2Cl)n1. The summed E-state index contributed by atoms with van der Waals surface area (Å²) in [5.41, 5.74) is 1.92. The summed E-state index contributed by atoms with van der Waals surface area (Å²) in [6.45, 7) is 3.67. The first kappa shape index (κ1) is 12.4. The van der Waals surface area contributed by atoms with E-state index in [4.69, 9.17) is 11.6 Å². The zero-order chi connectivity index (χ0) is 13.1. The summed E-state index contributed by atoms with van der Waals surface area (Å²) in [6.07, 6.45) is 2.92. The molecule has 0 saturated carbocycles. The van der Waals surface area contributed by atoms with Gasteiger partial charge in [0.15, 0.2) is 0 Å². The van der Waals surface area contributed by atoms with Gasteiger partial charge in [0.2, 0.25) is 5.95 Å². The van der Waals surface area contributed by atoms with Gasteiger partial charge < -0.3 is 0 Å². The topological polar surface area (TPSA) is 67.8 Å². The molecule has 0 aliphatic rings. The molecule has 2 rings (SSSR count). The summed E-state index contributed by atoms with van der Waals surface area (Å²) >= 11 is 5.88. The predicted octanol–water partition coefficient (Wildman–Crippen LogP) is 2.39. The Bertz CT molecular complexity index is 580. The number of nitrogens with zero attached hydrogens (tertiary/aromatic N) is 3. The van der Waals surface area contributed by atoms with Crippen molar-refractivity contribution in [3.05, 3.63) is 46.5 Å². The molecule has 2 aromatic heterocycles. The van der Waals surface area contributed by atoms with Gasteiger partial charge >= 0.3 is 0 Å². The lowest BCUT2D eigenvalue weighted by atomic mass is 10.2. The summed E-state index contributed by atoms with van der Waals surface area (Å²) in [5, 5.41) is 2.90. The highest BCUT2D eigenvalue weighted by Crippen LogP contribution is 2.14. The minimum Gasteiger partial charge on any atom is -0.290 e. The van der Waals surface area contributed by atoms with Gasteiger partial charge in [0.1, 0.15) is 0 Å². The Morgan fingerprint density at radius 2 is 1.94 bits per heavy atom. The number of carbonyl (C=O) groups is 1. The summed E-state index contributed by atoms with van der Waals surface area (Å²) in [4.78, 5) is 24.0. The van der Waals surface area contributed by atoms with Crippen LogP contribution in [0.5, 0.6) is 0 Å². The molecule has 5 nitrogen and oxygen atoms in total. The molecule has 0 bridgehead atoms. The van der Waals surface area contributed by atoms with Crippen LogP contribution in [0.1, 0.15) is 21.7 Å². The number of hydrogen-bond acceptors (Lipinski definition) is 4. The van der Waals surface area contributed by atoms with Gasteiger partial charge in [0, 0.05) is 23.8 Å². The number of amides is 1. The van der Waals surface area contributed by atoms with Crippen LogP contribution >= 0.6 is 11.6 Å². The zero-order valence-corrected chi connectivity index (χ0v) is 10.7. The number of aromatic nitrogens is 3. The molecular weight excluding hydrogens is 252 g/mol. The fourth-order valence-electron chi connectivity index (χ4n) is 1.51. The minimum absolute atomic E-state index is 0.269. The molecule has 0 saturated heterocycles. The molecule has 0 unspecified atom stereocenters. The quantitative estimate of drug-likeness (QED) is 0.902. The van der Waals surface area contributed by atoms with Crippen LogP contribution in [0.15, 0.2) is 24.5 Å². The molecule has 0 aromatic carbocycles. The molecule has 18 heavy (non-hydrogen) atoms. The van der Waals surface area contributed by atoms with Gasteiger partial charge in [0.25, 0.3) is 5.91 Å². The second-order valence-electron chi connectivity index (χ2n) is 3.78. The highest BCUT2D eigenvalue weighted by atomic mass is 35.5. The lowest BCUT2D eigenvalue weighted by Crippen LogP contribution is -2.15. The average Bonchev–Trinajstić information content (AvgIpc) is 2.27. The molecule has 0 radical (unpaired) electrons. The largest absolute Gasteiger partial charge is 0.290 e. The Morgan fingerprint density at radius 3 is 2.56 bits per heavy atom. The van der Waals surface area contributed by atoms with E-state index in [2.05, 4.69) is 20.3 Å². The molecule has 1 amide bonds. The third kappa shape index (κ3) is 2.81. The van der Waals surface area contributed by atoms with Crippen LogP contribution < -0.4 is 5.32 Å². The second kappa shape index (κ2) is 5.10. The Labute approximate surface area is 109 Å². The molecule has 1 N–H and O–H groups in total. The summed E-state index contributed by atoms with van der Waals surface area (Å²) < 4.78 is 0. The van der Waals surface area contributed by atoms with E-state index in [1.54, 1.807) is 6.07 Å². The third-order valence-corrected chi connectivity index (χ3v) is 2.53. The normalized spacial score (nSPS) is 10.2. The molecule has 2 heterocycles. The Hall–Kier alpha value is -2.01. The van der Waals surface area contributed by atoms with E-state index >= 15 is 0 Å². The first-order chi connectivity index (χ1) is 8.56. The lowest BCUT2D eigenvalue weighted by molar-refractivity contribution is 0.102. The van der Waals surface area contributed by atoms with Gasteiger partial charge in [-0.25, -0.2) is 9.97 Å². The summed E-state index contributed by atoms with van der Waals surface area (Å²) in [6, 6.07) is 3.37. The van der Waals surface area contributed by atoms with Crippen LogP contribution in [0.25, 0.3) is 0 Å². The molecule has 0 spiro atoms. The van der Waals surface area contributed by atoms with Crippen molar-refractivity contribution in [1.29, 1.82) is 0 Å². The van der Waals surface area contributed by atoms with E-state index in [1.807, 2.05) is 19.9 Å². The molecule has 0 fully saturated rings. The van der Waals surface area contributed by atoms with Crippen molar-refractivity contribution in [1.82, 2.24) is 15.0 Å². The van der Waals surface area contributed by atoms with Crippen molar-refractivity contribution in [3.63, 3.8) is 0 Å². The van der Waals surface area contributed by atoms with Crippen LogP contribution in [0.4, 0.5) is 5.95 Å². The number of nitrogens with one attached hydrogen (secondary N) is 1. The number of halogens is 1. The first-order valence-corrected chi connectivity index (χ1v) is 5.67. The molecule has 6 heteroatoms. The van der Waals surface area contributed by atoms with Crippen LogP contribution in [-0.2, 0) is 0 Å². The second-order valence-corrected chi connectivity index (χ2v) is 4.19.